The third-order valence-corrected chi connectivity index (χ3v) is 3.57. The van der Waals surface area contributed by atoms with Crippen molar-refractivity contribution in [3.63, 3.8) is 0 Å². The quantitative estimate of drug-likeness (QED) is 0.387. The Balaban J connectivity index is 1.94. The topological polar surface area (TPSA) is 17.1 Å². The Hall–Kier alpha value is -0.470. The largest absolute Gasteiger partial charge is 0.281 e. The standard InChI is InChI=1S/C13H17ClOS/c14-13(15)10-6-1-2-7-11-16-12-8-4-3-5-9-12/h3-5,8-9H,1-2,6-7,10-11H2. The van der Waals surface area contributed by atoms with E-state index in [0.717, 1.165) is 18.6 Å². The van der Waals surface area contributed by atoms with Gasteiger partial charge in [0.25, 0.3) is 0 Å². The lowest BCUT2D eigenvalue weighted by Crippen LogP contribution is -1.87. The fourth-order valence-electron chi connectivity index (χ4n) is 1.43. The van der Waals surface area contributed by atoms with Crippen molar-refractivity contribution in [2.45, 2.75) is 37.0 Å². The van der Waals surface area contributed by atoms with E-state index in [2.05, 4.69) is 24.3 Å². The lowest BCUT2D eigenvalue weighted by atomic mass is 10.2. The average molecular weight is 257 g/mol. The average Bonchev–Trinajstić information content (AvgIpc) is 2.29. The lowest BCUT2D eigenvalue weighted by Gasteiger charge is -2.01. The van der Waals surface area contributed by atoms with E-state index in [4.69, 9.17) is 11.6 Å². The molecule has 0 bridgehead atoms. The number of hydrogen-bond acceptors (Lipinski definition) is 2. The summed E-state index contributed by atoms with van der Waals surface area (Å²) >= 11 is 7.15. The van der Waals surface area contributed by atoms with E-state index in [1.54, 1.807) is 0 Å². The molecular formula is C13H17ClOS. The van der Waals surface area contributed by atoms with Crippen LogP contribution in [0.1, 0.15) is 32.1 Å². The number of benzene rings is 1. The highest BCUT2D eigenvalue weighted by atomic mass is 35.5. The zero-order valence-electron chi connectivity index (χ0n) is 9.32. The van der Waals surface area contributed by atoms with E-state index >= 15 is 0 Å². The molecule has 0 atom stereocenters. The van der Waals surface area contributed by atoms with E-state index in [0.29, 0.717) is 6.42 Å². The third kappa shape index (κ3) is 6.91. The summed E-state index contributed by atoms with van der Waals surface area (Å²) < 4.78 is 0. The van der Waals surface area contributed by atoms with Crippen molar-refractivity contribution in [3.05, 3.63) is 30.3 Å². The number of carbonyl (C=O) groups excluding carboxylic acids is 1. The molecule has 0 spiro atoms. The molecular weight excluding hydrogens is 240 g/mol. The predicted molar refractivity (Wildman–Crippen MR) is 71.1 cm³/mol. The maximum absolute atomic E-state index is 10.5. The van der Waals surface area contributed by atoms with E-state index < -0.39 is 0 Å². The van der Waals surface area contributed by atoms with Crippen LogP contribution in [0.15, 0.2) is 35.2 Å². The maximum Gasteiger partial charge on any atom is 0.221 e. The van der Waals surface area contributed by atoms with Crippen molar-refractivity contribution in [2.75, 3.05) is 5.75 Å². The van der Waals surface area contributed by atoms with Gasteiger partial charge in [-0.15, -0.1) is 11.8 Å². The van der Waals surface area contributed by atoms with Crippen LogP contribution in [-0.4, -0.2) is 11.0 Å². The molecule has 88 valence electrons. The van der Waals surface area contributed by atoms with Crippen LogP contribution in [0.25, 0.3) is 0 Å². The van der Waals surface area contributed by atoms with Gasteiger partial charge in [-0.1, -0.05) is 31.0 Å². The first-order valence-corrected chi connectivity index (χ1v) is 7.01. The number of carbonyl (C=O) groups is 1. The highest BCUT2D eigenvalue weighted by Gasteiger charge is 1.96. The maximum atomic E-state index is 10.5. The first-order chi connectivity index (χ1) is 7.79. The fraction of sp³-hybridized carbons (Fsp3) is 0.462. The van der Waals surface area contributed by atoms with Crippen LogP contribution >= 0.6 is 23.4 Å². The summed E-state index contributed by atoms with van der Waals surface area (Å²) in [5, 5.41) is -0.210. The van der Waals surface area contributed by atoms with E-state index in [9.17, 15) is 4.79 Å². The zero-order valence-corrected chi connectivity index (χ0v) is 10.9. The fourth-order valence-corrected chi connectivity index (χ4v) is 2.49. The molecule has 0 aliphatic rings. The van der Waals surface area contributed by atoms with Gasteiger partial charge in [0.1, 0.15) is 0 Å². The summed E-state index contributed by atoms with van der Waals surface area (Å²) in [7, 11) is 0. The number of hydrogen-bond donors (Lipinski definition) is 0. The molecule has 0 fully saturated rings. The van der Waals surface area contributed by atoms with Gasteiger partial charge < -0.3 is 0 Å². The van der Waals surface area contributed by atoms with Crippen molar-refractivity contribution in [3.8, 4) is 0 Å². The predicted octanol–water partition coefficient (Wildman–Crippen LogP) is 4.49. The summed E-state index contributed by atoms with van der Waals surface area (Å²) in [6.07, 6.45) is 4.94. The second-order valence-electron chi connectivity index (χ2n) is 3.68. The molecule has 0 heterocycles. The second-order valence-corrected chi connectivity index (χ2v) is 5.27. The second kappa shape index (κ2) is 8.66. The molecule has 1 nitrogen and oxygen atoms in total. The molecule has 3 heteroatoms. The molecule has 0 aliphatic heterocycles. The van der Waals surface area contributed by atoms with Crippen LogP contribution in [0.4, 0.5) is 0 Å². The van der Waals surface area contributed by atoms with Crippen LogP contribution in [-0.2, 0) is 4.79 Å². The van der Waals surface area contributed by atoms with Crippen molar-refractivity contribution in [1.82, 2.24) is 0 Å². The van der Waals surface area contributed by atoms with Gasteiger partial charge in [0.2, 0.25) is 5.24 Å². The third-order valence-electron chi connectivity index (χ3n) is 2.28. The summed E-state index contributed by atoms with van der Waals surface area (Å²) in [4.78, 5) is 11.8. The Labute approximate surface area is 107 Å². The molecule has 1 rings (SSSR count). The highest BCUT2D eigenvalue weighted by Crippen LogP contribution is 2.19. The molecule has 1 aromatic rings. The van der Waals surface area contributed by atoms with Gasteiger partial charge in [-0.2, -0.15) is 0 Å². The normalized spacial score (nSPS) is 10.3. The molecule has 0 aromatic heterocycles. The van der Waals surface area contributed by atoms with Gasteiger partial charge in [0.05, 0.1) is 0 Å². The summed E-state index contributed by atoms with van der Waals surface area (Å²) in [6, 6.07) is 10.4. The van der Waals surface area contributed by atoms with Gasteiger partial charge in [0, 0.05) is 11.3 Å². The number of thioether (sulfide) groups is 1. The van der Waals surface area contributed by atoms with Gasteiger partial charge in [-0.3, -0.25) is 4.79 Å². The summed E-state index contributed by atoms with van der Waals surface area (Å²) in [6.45, 7) is 0. The number of unbranched alkanes of at least 4 members (excludes halogenated alkanes) is 3. The Morgan fingerprint density at radius 1 is 1.06 bits per heavy atom. The first kappa shape index (κ1) is 13.6. The highest BCUT2D eigenvalue weighted by molar-refractivity contribution is 7.99. The molecule has 0 saturated carbocycles. The molecule has 16 heavy (non-hydrogen) atoms. The van der Waals surface area contributed by atoms with Crippen LogP contribution in [0.3, 0.4) is 0 Å². The molecule has 1 aromatic carbocycles. The van der Waals surface area contributed by atoms with Gasteiger partial charge in [-0.05, 0) is 42.3 Å². The smallest absolute Gasteiger partial charge is 0.221 e. The van der Waals surface area contributed by atoms with E-state index in [-0.39, 0.29) is 5.24 Å². The minimum absolute atomic E-state index is 0.210. The van der Waals surface area contributed by atoms with Crippen LogP contribution < -0.4 is 0 Å². The Morgan fingerprint density at radius 3 is 2.44 bits per heavy atom. The Bertz CT molecular complexity index is 300. The SMILES string of the molecule is O=C(Cl)CCCCCCSc1ccccc1. The van der Waals surface area contributed by atoms with Gasteiger partial charge in [0.15, 0.2) is 0 Å². The van der Waals surface area contributed by atoms with E-state index in [1.807, 2.05) is 17.8 Å². The zero-order chi connectivity index (χ0) is 11.6. The number of halogens is 1. The molecule has 0 amide bonds. The van der Waals surface area contributed by atoms with Crippen molar-refractivity contribution in [2.24, 2.45) is 0 Å². The Kier molecular flexibility index (Phi) is 7.35. The van der Waals surface area contributed by atoms with Crippen molar-refractivity contribution < 1.29 is 4.79 Å². The minimum Gasteiger partial charge on any atom is -0.281 e. The molecule has 0 unspecified atom stereocenters. The monoisotopic (exact) mass is 256 g/mol. The first-order valence-electron chi connectivity index (χ1n) is 5.65. The summed E-state index contributed by atoms with van der Waals surface area (Å²) in [5.74, 6) is 1.15. The summed E-state index contributed by atoms with van der Waals surface area (Å²) in [5.41, 5.74) is 0. The molecule has 0 radical (unpaired) electrons. The van der Waals surface area contributed by atoms with E-state index in [1.165, 1.54) is 17.7 Å². The molecule has 0 aliphatic carbocycles. The lowest BCUT2D eigenvalue weighted by molar-refractivity contribution is -0.111. The van der Waals surface area contributed by atoms with Crippen molar-refractivity contribution in [1.29, 1.82) is 0 Å². The van der Waals surface area contributed by atoms with Crippen LogP contribution in [0.2, 0.25) is 0 Å². The van der Waals surface area contributed by atoms with Gasteiger partial charge in [-0.25, -0.2) is 0 Å². The number of rotatable bonds is 8. The molecule has 0 N–H and O–H groups in total. The van der Waals surface area contributed by atoms with Gasteiger partial charge >= 0.3 is 0 Å². The van der Waals surface area contributed by atoms with Crippen molar-refractivity contribution >= 4 is 28.6 Å². The minimum atomic E-state index is -0.210. The van der Waals surface area contributed by atoms with Crippen LogP contribution in [0.5, 0.6) is 0 Å². The Morgan fingerprint density at radius 2 is 1.75 bits per heavy atom. The van der Waals surface area contributed by atoms with Crippen LogP contribution in [0, 0.1) is 0 Å². The molecule has 0 saturated heterocycles.